The van der Waals surface area contributed by atoms with Gasteiger partial charge >= 0.3 is 12.0 Å². The molecular weight excluding hydrogens is 236 g/mol. The molecule has 98 valence electrons. The van der Waals surface area contributed by atoms with Crippen LogP contribution < -0.4 is 10.4 Å². The van der Waals surface area contributed by atoms with Crippen LogP contribution >= 0.6 is 0 Å². The fourth-order valence-electron chi connectivity index (χ4n) is 1.50. The first-order valence-corrected chi connectivity index (χ1v) is 5.53. The quantitative estimate of drug-likeness (QED) is 0.779. The standard InChI is InChI=1S/C12H16N2O4/c1-3-14(10-7-5-4-6-9(10)2)12(17)13-18-8-11(15)16/h4-7H,3,8H2,1-2H3,(H,13,17)(H,15,16). The zero-order chi connectivity index (χ0) is 13.5. The molecule has 0 saturated heterocycles. The molecule has 0 bridgehead atoms. The van der Waals surface area contributed by atoms with Crippen molar-refractivity contribution >= 4 is 17.7 Å². The van der Waals surface area contributed by atoms with Gasteiger partial charge in [0.15, 0.2) is 6.61 Å². The van der Waals surface area contributed by atoms with Crippen molar-refractivity contribution in [2.24, 2.45) is 0 Å². The van der Waals surface area contributed by atoms with E-state index in [2.05, 4.69) is 10.3 Å². The van der Waals surface area contributed by atoms with Gasteiger partial charge in [-0.3, -0.25) is 9.74 Å². The summed E-state index contributed by atoms with van der Waals surface area (Å²) in [7, 11) is 0. The summed E-state index contributed by atoms with van der Waals surface area (Å²) < 4.78 is 0. The van der Waals surface area contributed by atoms with Crippen LogP contribution in [0.2, 0.25) is 0 Å². The van der Waals surface area contributed by atoms with Crippen LogP contribution in [0.5, 0.6) is 0 Å². The van der Waals surface area contributed by atoms with Gasteiger partial charge < -0.3 is 5.11 Å². The Morgan fingerprint density at radius 3 is 2.61 bits per heavy atom. The van der Waals surface area contributed by atoms with Crippen molar-refractivity contribution < 1.29 is 19.5 Å². The molecule has 6 heteroatoms. The van der Waals surface area contributed by atoms with Crippen LogP contribution in [0.25, 0.3) is 0 Å². The first kappa shape index (κ1) is 14.0. The number of rotatable bonds is 5. The Kier molecular flexibility index (Phi) is 5.13. The molecular formula is C12H16N2O4. The molecule has 18 heavy (non-hydrogen) atoms. The molecule has 0 heterocycles. The lowest BCUT2D eigenvalue weighted by atomic mass is 10.2. The van der Waals surface area contributed by atoms with Crippen LogP contribution in [-0.4, -0.2) is 30.3 Å². The van der Waals surface area contributed by atoms with Crippen LogP contribution in [0.4, 0.5) is 10.5 Å². The van der Waals surface area contributed by atoms with E-state index in [0.29, 0.717) is 6.54 Å². The Morgan fingerprint density at radius 2 is 2.06 bits per heavy atom. The number of urea groups is 1. The SMILES string of the molecule is CCN(C(=O)NOCC(=O)O)c1ccccc1C. The Labute approximate surface area is 105 Å². The van der Waals surface area contributed by atoms with E-state index < -0.39 is 18.6 Å². The van der Waals surface area contributed by atoms with Crippen LogP contribution in [0.15, 0.2) is 24.3 Å². The number of amides is 2. The summed E-state index contributed by atoms with van der Waals surface area (Å²) in [6.45, 7) is 3.59. The highest BCUT2D eigenvalue weighted by molar-refractivity contribution is 5.92. The minimum Gasteiger partial charge on any atom is -0.479 e. The molecule has 1 rings (SSSR count). The second kappa shape index (κ2) is 6.61. The van der Waals surface area contributed by atoms with Gasteiger partial charge in [0, 0.05) is 12.2 Å². The molecule has 0 saturated carbocycles. The molecule has 2 N–H and O–H groups in total. The van der Waals surface area contributed by atoms with Gasteiger partial charge in [0.2, 0.25) is 0 Å². The monoisotopic (exact) mass is 252 g/mol. The summed E-state index contributed by atoms with van der Waals surface area (Å²) in [5.74, 6) is -1.14. The van der Waals surface area contributed by atoms with E-state index in [4.69, 9.17) is 5.11 Å². The molecule has 2 amide bonds. The maximum atomic E-state index is 11.8. The Balaban J connectivity index is 2.69. The molecule has 0 atom stereocenters. The Bertz CT molecular complexity index is 434. The molecule has 0 fully saturated rings. The lowest BCUT2D eigenvalue weighted by molar-refractivity contribution is -0.143. The highest BCUT2D eigenvalue weighted by Gasteiger charge is 2.15. The van der Waals surface area contributed by atoms with E-state index in [1.165, 1.54) is 4.90 Å². The number of carbonyl (C=O) groups excluding carboxylic acids is 1. The zero-order valence-electron chi connectivity index (χ0n) is 10.3. The molecule has 1 aromatic rings. The van der Waals surface area contributed by atoms with Gasteiger partial charge in [-0.25, -0.2) is 15.1 Å². The Morgan fingerprint density at radius 1 is 1.39 bits per heavy atom. The van der Waals surface area contributed by atoms with Crippen molar-refractivity contribution in [1.29, 1.82) is 0 Å². The summed E-state index contributed by atoms with van der Waals surface area (Å²) in [4.78, 5) is 28.1. The minimum absolute atomic E-state index is 0.452. The fourth-order valence-corrected chi connectivity index (χ4v) is 1.50. The number of hydrogen-bond donors (Lipinski definition) is 2. The number of hydrogen-bond acceptors (Lipinski definition) is 3. The van der Waals surface area contributed by atoms with Crippen LogP contribution in [-0.2, 0) is 9.63 Å². The normalized spacial score (nSPS) is 9.89. The number of nitrogens with one attached hydrogen (secondary N) is 1. The van der Waals surface area contributed by atoms with Gasteiger partial charge in [0.05, 0.1) is 0 Å². The second-order valence-corrected chi connectivity index (χ2v) is 3.62. The maximum absolute atomic E-state index is 11.8. The summed E-state index contributed by atoms with van der Waals surface area (Å²) in [6.07, 6.45) is 0. The largest absolute Gasteiger partial charge is 0.479 e. The van der Waals surface area contributed by atoms with Crippen molar-refractivity contribution in [3.8, 4) is 0 Å². The number of nitrogens with zero attached hydrogens (tertiary/aromatic N) is 1. The lowest BCUT2D eigenvalue weighted by Gasteiger charge is -2.22. The van der Waals surface area contributed by atoms with Gasteiger partial charge in [0.1, 0.15) is 0 Å². The van der Waals surface area contributed by atoms with Gasteiger partial charge in [-0.15, -0.1) is 0 Å². The van der Waals surface area contributed by atoms with E-state index >= 15 is 0 Å². The van der Waals surface area contributed by atoms with Gasteiger partial charge in [0.25, 0.3) is 0 Å². The number of carbonyl (C=O) groups is 2. The highest BCUT2D eigenvalue weighted by Crippen LogP contribution is 2.18. The second-order valence-electron chi connectivity index (χ2n) is 3.62. The van der Waals surface area contributed by atoms with Crippen molar-refractivity contribution in [2.75, 3.05) is 18.1 Å². The van der Waals surface area contributed by atoms with Gasteiger partial charge in [-0.1, -0.05) is 18.2 Å². The fraction of sp³-hybridized carbons (Fsp3) is 0.333. The maximum Gasteiger partial charge on any atom is 0.345 e. The molecule has 0 aliphatic carbocycles. The predicted octanol–water partition coefficient (Wildman–Crippen LogP) is 1.55. The molecule has 1 aromatic carbocycles. The minimum atomic E-state index is -1.14. The molecule has 0 aliphatic rings. The third-order valence-electron chi connectivity index (χ3n) is 2.32. The van der Waals surface area contributed by atoms with Gasteiger partial charge in [-0.05, 0) is 25.5 Å². The van der Waals surface area contributed by atoms with Crippen LogP contribution in [0.1, 0.15) is 12.5 Å². The summed E-state index contributed by atoms with van der Waals surface area (Å²) in [6, 6.07) is 6.92. The molecule has 0 spiro atoms. The number of aryl methyl sites for hydroxylation is 1. The average Bonchev–Trinajstić information content (AvgIpc) is 2.32. The number of aliphatic carboxylic acids is 1. The van der Waals surface area contributed by atoms with Gasteiger partial charge in [-0.2, -0.15) is 0 Å². The first-order chi connectivity index (χ1) is 8.56. The molecule has 0 unspecified atom stereocenters. The number of benzene rings is 1. The van der Waals surface area contributed by atoms with E-state index in [1.807, 2.05) is 38.1 Å². The van der Waals surface area contributed by atoms with Crippen LogP contribution in [0.3, 0.4) is 0 Å². The van der Waals surface area contributed by atoms with E-state index in [9.17, 15) is 9.59 Å². The molecule has 0 radical (unpaired) electrons. The smallest absolute Gasteiger partial charge is 0.345 e. The summed E-state index contributed by atoms with van der Waals surface area (Å²) in [5, 5.41) is 8.39. The zero-order valence-corrected chi connectivity index (χ0v) is 10.3. The Hall–Kier alpha value is -2.08. The molecule has 6 nitrogen and oxygen atoms in total. The highest BCUT2D eigenvalue weighted by atomic mass is 16.7. The van der Waals surface area contributed by atoms with Crippen molar-refractivity contribution in [2.45, 2.75) is 13.8 Å². The van der Waals surface area contributed by atoms with Crippen LogP contribution in [0, 0.1) is 6.92 Å². The third kappa shape index (κ3) is 3.74. The average molecular weight is 252 g/mol. The molecule has 0 aliphatic heterocycles. The van der Waals surface area contributed by atoms with Crippen molar-refractivity contribution in [1.82, 2.24) is 5.48 Å². The van der Waals surface area contributed by atoms with E-state index in [0.717, 1.165) is 11.3 Å². The lowest BCUT2D eigenvalue weighted by Crippen LogP contribution is -2.41. The first-order valence-electron chi connectivity index (χ1n) is 5.53. The molecule has 0 aromatic heterocycles. The summed E-state index contributed by atoms with van der Waals surface area (Å²) >= 11 is 0. The topological polar surface area (TPSA) is 78.9 Å². The summed E-state index contributed by atoms with van der Waals surface area (Å²) in [5.41, 5.74) is 3.81. The van der Waals surface area contributed by atoms with Crippen molar-refractivity contribution in [3.63, 3.8) is 0 Å². The number of carboxylic acids is 1. The van der Waals surface area contributed by atoms with Crippen molar-refractivity contribution in [3.05, 3.63) is 29.8 Å². The predicted molar refractivity (Wildman–Crippen MR) is 66.3 cm³/mol. The third-order valence-corrected chi connectivity index (χ3v) is 2.32. The number of hydroxylamine groups is 1. The number of carboxylic acid groups (broad SMARTS) is 1. The number of para-hydroxylation sites is 1. The number of anilines is 1. The van der Waals surface area contributed by atoms with E-state index in [1.54, 1.807) is 0 Å². The van der Waals surface area contributed by atoms with E-state index in [-0.39, 0.29) is 0 Å².